The Hall–Kier alpha value is -1.61. The Morgan fingerprint density at radius 3 is 2.87 bits per heavy atom. The van der Waals surface area contributed by atoms with Gasteiger partial charge in [0.25, 0.3) is 0 Å². The lowest BCUT2D eigenvalue weighted by molar-refractivity contribution is 0.0662. The molecule has 1 atom stereocenters. The average Bonchev–Trinajstić information content (AvgIpc) is 3.09. The molecule has 1 aliphatic rings. The van der Waals surface area contributed by atoms with E-state index in [0.717, 1.165) is 13.0 Å². The molecule has 0 spiro atoms. The fraction of sp³-hybridized carbons (Fsp3) is 0.250. The maximum absolute atomic E-state index is 11.4. The number of carbonyl (C=O) groups excluding carboxylic acids is 1. The number of ether oxygens (including phenoxy) is 2. The van der Waals surface area contributed by atoms with Gasteiger partial charge in [0.1, 0.15) is 0 Å². The SMILES string of the molecule is O=C(OC=CCC1CO1)c1ccccc1. The Labute approximate surface area is 88.3 Å². The number of esters is 1. The summed E-state index contributed by atoms with van der Waals surface area (Å²) in [5.41, 5.74) is 0.560. The van der Waals surface area contributed by atoms with Crippen molar-refractivity contribution in [3.05, 3.63) is 48.2 Å². The Kier molecular flexibility index (Phi) is 3.15. The van der Waals surface area contributed by atoms with Gasteiger partial charge in [0.05, 0.1) is 24.5 Å². The Morgan fingerprint density at radius 2 is 2.20 bits per heavy atom. The van der Waals surface area contributed by atoms with E-state index >= 15 is 0 Å². The van der Waals surface area contributed by atoms with Crippen molar-refractivity contribution in [3.8, 4) is 0 Å². The average molecular weight is 204 g/mol. The molecule has 1 unspecified atom stereocenters. The maximum atomic E-state index is 11.4. The van der Waals surface area contributed by atoms with Crippen LogP contribution in [0.1, 0.15) is 16.8 Å². The number of hydrogen-bond acceptors (Lipinski definition) is 3. The van der Waals surface area contributed by atoms with E-state index in [2.05, 4.69) is 0 Å². The molecule has 1 fully saturated rings. The molecule has 0 bridgehead atoms. The summed E-state index contributed by atoms with van der Waals surface area (Å²) >= 11 is 0. The molecule has 0 aliphatic carbocycles. The van der Waals surface area contributed by atoms with Gasteiger partial charge in [-0.3, -0.25) is 0 Å². The second kappa shape index (κ2) is 4.75. The van der Waals surface area contributed by atoms with Gasteiger partial charge >= 0.3 is 5.97 Å². The summed E-state index contributed by atoms with van der Waals surface area (Å²) in [5, 5.41) is 0. The van der Waals surface area contributed by atoms with Gasteiger partial charge in [0.2, 0.25) is 0 Å². The molecule has 78 valence electrons. The minimum atomic E-state index is -0.330. The normalized spacial score (nSPS) is 19.1. The van der Waals surface area contributed by atoms with Crippen LogP contribution in [0.5, 0.6) is 0 Å². The molecule has 0 radical (unpaired) electrons. The summed E-state index contributed by atoms with van der Waals surface area (Å²) in [6, 6.07) is 8.91. The van der Waals surface area contributed by atoms with Crippen LogP contribution in [0.4, 0.5) is 0 Å². The van der Waals surface area contributed by atoms with Crippen LogP contribution in [0.3, 0.4) is 0 Å². The second-order valence-corrected chi connectivity index (χ2v) is 3.33. The standard InChI is InChI=1S/C12H12O3/c13-12(10-5-2-1-3-6-10)14-8-4-7-11-9-15-11/h1-6,8,11H,7,9H2. The summed E-state index contributed by atoms with van der Waals surface area (Å²) in [7, 11) is 0. The highest BCUT2D eigenvalue weighted by atomic mass is 16.6. The second-order valence-electron chi connectivity index (χ2n) is 3.33. The van der Waals surface area contributed by atoms with Gasteiger partial charge in [-0.25, -0.2) is 4.79 Å². The van der Waals surface area contributed by atoms with Crippen LogP contribution in [0.2, 0.25) is 0 Å². The molecule has 1 aromatic rings. The summed E-state index contributed by atoms with van der Waals surface area (Å²) in [5.74, 6) is -0.330. The minimum absolute atomic E-state index is 0.330. The first-order valence-electron chi connectivity index (χ1n) is 4.89. The molecule has 0 N–H and O–H groups in total. The molecule has 0 aromatic heterocycles. The first-order valence-corrected chi connectivity index (χ1v) is 4.89. The zero-order chi connectivity index (χ0) is 10.5. The lowest BCUT2D eigenvalue weighted by atomic mass is 10.2. The van der Waals surface area contributed by atoms with Crippen LogP contribution >= 0.6 is 0 Å². The smallest absolute Gasteiger partial charge is 0.342 e. The summed E-state index contributed by atoms with van der Waals surface area (Å²) in [6.45, 7) is 0.816. The van der Waals surface area contributed by atoms with Crippen LogP contribution in [0.25, 0.3) is 0 Å². The van der Waals surface area contributed by atoms with E-state index in [0.29, 0.717) is 11.7 Å². The molecule has 2 rings (SSSR count). The highest BCUT2D eigenvalue weighted by Crippen LogP contribution is 2.13. The van der Waals surface area contributed by atoms with E-state index in [1.165, 1.54) is 6.26 Å². The van der Waals surface area contributed by atoms with Crippen LogP contribution in [-0.2, 0) is 9.47 Å². The lowest BCUT2D eigenvalue weighted by Gasteiger charge is -1.97. The maximum Gasteiger partial charge on any atom is 0.342 e. The quantitative estimate of drug-likeness (QED) is 0.428. The first-order chi connectivity index (χ1) is 7.36. The zero-order valence-electron chi connectivity index (χ0n) is 8.26. The predicted octanol–water partition coefficient (Wildman–Crippen LogP) is 2.15. The van der Waals surface area contributed by atoms with Gasteiger partial charge in [0, 0.05) is 0 Å². The van der Waals surface area contributed by atoms with Gasteiger partial charge in [-0.15, -0.1) is 0 Å². The minimum Gasteiger partial charge on any atom is -0.431 e. The molecule has 1 aromatic carbocycles. The fourth-order valence-electron chi connectivity index (χ4n) is 1.16. The largest absolute Gasteiger partial charge is 0.431 e. The van der Waals surface area contributed by atoms with Crippen molar-refractivity contribution in [1.82, 2.24) is 0 Å². The van der Waals surface area contributed by atoms with Crippen molar-refractivity contribution in [1.29, 1.82) is 0 Å². The van der Waals surface area contributed by atoms with Gasteiger partial charge in [-0.2, -0.15) is 0 Å². The topological polar surface area (TPSA) is 38.8 Å². The molecular formula is C12H12O3. The molecule has 15 heavy (non-hydrogen) atoms. The van der Waals surface area contributed by atoms with Crippen molar-refractivity contribution >= 4 is 5.97 Å². The summed E-state index contributed by atoms with van der Waals surface area (Å²) in [4.78, 5) is 11.4. The summed E-state index contributed by atoms with van der Waals surface area (Å²) in [6.07, 6.45) is 4.37. The molecular weight excluding hydrogens is 192 g/mol. The van der Waals surface area contributed by atoms with Crippen molar-refractivity contribution in [2.45, 2.75) is 12.5 Å². The predicted molar refractivity (Wildman–Crippen MR) is 55.4 cm³/mol. The molecule has 1 aliphatic heterocycles. The monoisotopic (exact) mass is 204 g/mol. The van der Waals surface area contributed by atoms with Crippen molar-refractivity contribution < 1.29 is 14.3 Å². The van der Waals surface area contributed by atoms with Gasteiger partial charge in [-0.1, -0.05) is 18.2 Å². The van der Waals surface area contributed by atoms with E-state index in [1.54, 1.807) is 30.3 Å². The van der Waals surface area contributed by atoms with Crippen LogP contribution in [0, 0.1) is 0 Å². The Bertz CT molecular complexity index is 352. The fourth-order valence-corrected chi connectivity index (χ4v) is 1.16. The number of rotatable bonds is 4. The molecule has 1 heterocycles. The van der Waals surface area contributed by atoms with Crippen LogP contribution in [0.15, 0.2) is 42.7 Å². The zero-order valence-corrected chi connectivity index (χ0v) is 8.26. The van der Waals surface area contributed by atoms with Crippen molar-refractivity contribution in [2.24, 2.45) is 0 Å². The highest BCUT2D eigenvalue weighted by molar-refractivity contribution is 5.89. The van der Waals surface area contributed by atoms with E-state index in [-0.39, 0.29) is 5.97 Å². The first kappa shape index (κ1) is 9.93. The van der Waals surface area contributed by atoms with E-state index in [1.807, 2.05) is 6.07 Å². The molecule has 3 heteroatoms. The highest BCUT2D eigenvalue weighted by Gasteiger charge is 2.19. The molecule has 1 saturated heterocycles. The number of carbonyl (C=O) groups is 1. The number of epoxide rings is 1. The van der Waals surface area contributed by atoms with Crippen LogP contribution < -0.4 is 0 Å². The Morgan fingerprint density at radius 1 is 1.47 bits per heavy atom. The van der Waals surface area contributed by atoms with Crippen molar-refractivity contribution in [2.75, 3.05) is 6.61 Å². The van der Waals surface area contributed by atoms with Gasteiger partial charge in [0.15, 0.2) is 0 Å². The number of hydrogen-bond donors (Lipinski definition) is 0. The third kappa shape index (κ3) is 3.22. The van der Waals surface area contributed by atoms with Crippen molar-refractivity contribution in [3.63, 3.8) is 0 Å². The number of benzene rings is 1. The van der Waals surface area contributed by atoms with E-state index < -0.39 is 0 Å². The van der Waals surface area contributed by atoms with Gasteiger partial charge in [-0.05, 0) is 24.6 Å². The third-order valence-electron chi connectivity index (χ3n) is 2.08. The third-order valence-corrected chi connectivity index (χ3v) is 2.08. The summed E-state index contributed by atoms with van der Waals surface area (Å²) < 4.78 is 9.94. The lowest BCUT2D eigenvalue weighted by Crippen LogP contribution is -1.99. The van der Waals surface area contributed by atoms with E-state index in [9.17, 15) is 4.79 Å². The van der Waals surface area contributed by atoms with Crippen LogP contribution in [-0.4, -0.2) is 18.7 Å². The molecule has 0 saturated carbocycles. The van der Waals surface area contributed by atoms with Gasteiger partial charge < -0.3 is 9.47 Å². The molecule has 3 nitrogen and oxygen atoms in total. The molecule has 0 amide bonds. The van der Waals surface area contributed by atoms with E-state index in [4.69, 9.17) is 9.47 Å². The Balaban J connectivity index is 1.79.